The van der Waals surface area contributed by atoms with Crippen LogP contribution < -0.4 is 10.6 Å². The normalized spacial score (nSPS) is 15.3. The fourth-order valence-electron chi connectivity index (χ4n) is 3.26. The second kappa shape index (κ2) is 7.50. The number of nitrogens with one attached hydrogen (secondary N) is 2. The molecule has 1 aliphatic heterocycles. The van der Waals surface area contributed by atoms with E-state index in [1.54, 1.807) is 42.5 Å². The molecule has 1 fully saturated rings. The summed E-state index contributed by atoms with van der Waals surface area (Å²) in [5, 5.41) is 5.70. The van der Waals surface area contributed by atoms with Crippen molar-refractivity contribution in [1.29, 1.82) is 0 Å². The molecule has 2 aliphatic rings. The third-order valence-corrected chi connectivity index (χ3v) is 5.13. The summed E-state index contributed by atoms with van der Waals surface area (Å²) in [5.41, 5.74) is 2.58. The Kier molecular flexibility index (Phi) is 4.88. The molecule has 0 radical (unpaired) electrons. The van der Waals surface area contributed by atoms with Gasteiger partial charge in [0.15, 0.2) is 0 Å². The highest BCUT2D eigenvalue weighted by Gasteiger charge is 2.35. The third-order valence-electron chi connectivity index (χ3n) is 5.13. The van der Waals surface area contributed by atoms with Crippen LogP contribution in [-0.4, -0.2) is 41.1 Å². The van der Waals surface area contributed by atoms with E-state index < -0.39 is 0 Å². The first kappa shape index (κ1) is 18.9. The number of hydrogen-bond donors (Lipinski definition) is 2. The van der Waals surface area contributed by atoms with E-state index >= 15 is 0 Å². The number of amides is 4. The molecule has 0 bridgehead atoms. The minimum atomic E-state index is -0.381. The van der Waals surface area contributed by atoms with Crippen molar-refractivity contribution in [2.24, 2.45) is 0 Å². The fraction of sp³-hybridized carbons (Fsp3) is 0.273. The summed E-state index contributed by atoms with van der Waals surface area (Å²) in [4.78, 5) is 50.5. The Bertz CT molecular complexity index is 991. The Morgan fingerprint density at radius 2 is 1.69 bits per heavy atom. The molecule has 0 spiro atoms. The molecule has 4 rings (SSSR count). The van der Waals surface area contributed by atoms with E-state index in [0.29, 0.717) is 22.4 Å². The maximum absolute atomic E-state index is 12.4. The number of anilines is 1. The van der Waals surface area contributed by atoms with Crippen molar-refractivity contribution in [1.82, 2.24) is 10.2 Å². The highest BCUT2D eigenvalue weighted by Crippen LogP contribution is 2.23. The minimum absolute atomic E-state index is 0.000908. The molecule has 1 saturated carbocycles. The third kappa shape index (κ3) is 3.89. The first-order valence-corrected chi connectivity index (χ1v) is 9.60. The van der Waals surface area contributed by atoms with E-state index in [0.717, 1.165) is 23.3 Å². The average Bonchev–Trinajstić information content (AvgIpc) is 3.49. The van der Waals surface area contributed by atoms with Crippen LogP contribution in [0.5, 0.6) is 0 Å². The second-order valence-corrected chi connectivity index (χ2v) is 7.38. The predicted molar refractivity (Wildman–Crippen MR) is 107 cm³/mol. The van der Waals surface area contributed by atoms with E-state index in [1.165, 1.54) is 0 Å². The number of rotatable bonds is 6. The van der Waals surface area contributed by atoms with Crippen molar-refractivity contribution < 1.29 is 19.2 Å². The van der Waals surface area contributed by atoms with Gasteiger partial charge in [-0.25, -0.2) is 0 Å². The van der Waals surface area contributed by atoms with Gasteiger partial charge in [0.1, 0.15) is 0 Å². The molecule has 0 atom stereocenters. The van der Waals surface area contributed by atoms with Crippen LogP contribution in [0.1, 0.15) is 55.9 Å². The predicted octanol–water partition coefficient (Wildman–Crippen LogP) is 2.51. The molecule has 0 aromatic heterocycles. The molecular formula is C22H21N3O4. The van der Waals surface area contributed by atoms with Gasteiger partial charge < -0.3 is 10.6 Å². The molecule has 0 saturated heterocycles. The lowest BCUT2D eigenvalue weighted by atomic mass is 10.1. The molecule has 0 unspecified atom stereocenters. The largest absolute Gasteiger partial charge is 0.349 e. The molecular weight excluding hydrogens is 370 g/mol. The summed E-state index contributed by atoms with van der Waals surface area (Å²) in [6.07, 6.45) is 1.97. The molecule has 7 nitrogen and oxygen atoms in total. The zero-order chi connectivity index (χ0) is 20.5. The smallest absolute Gasteiger partial charge is 0.261 e. The van der Waals surface area contributed by atoms with Crippen LogP contribution >= 0.6 is 0 Å². The summed E-state index contributed by atoms with van der Waals surface area (Å²) < 4.78 is 0. The maximum atomic E-state index is 12.4. The Morgan fingerprint density at radius 3 is 2.31 bits per heavy atom. The van der Waals surface area contributed by atoms with Crippen molar-refractivity contribution in [2.45, 2.75) is 32.2 Å². The van der Waals surface area contributed by atoms with Crippen LogP contribution in [0.2, 0.25) is 0 Å². The van der Waals surface area contributed by atoms with Gasteiger partial charge in [-0.2, -0.15) is 0 Å². The van der Waals surface area contributed by atoms with Gasteiger partial charge in [-0.05, 0) is 49.6 Å². The Hall–Kier alpha value is -3.48. The Balaban J connectivity index is 1.38. The van der Waals surface area contributed by atoms with Gasteiger partial charge in [0.25, 0.3) is 17.7 Å². The van der Waals surface area contributed by atoms with Crippen molar-refractivity contribution in [3.8, 4) is 0 Å². The monoisotopic (exact) mass is 391 g/mol. The molecule has 2 aromatic rings. The first-order valence-electron chi connectivity index (χ1n) is 9.60. The Labute approximate surface area is 168 Å². The molecule has 1 aliphatic carbocycles. The highest BCUT2D eigenvalue weighted by molar-refractivity contribution is 6.21. The quantitative estimate of drug-likeness (QED) is 0.740. The summed E-state index contributed by atoms with van der Waals surface area (Å²) in [6.45, 7) is 1.83. The van der Waals surface area contributed by atoms with Gasteiger partial charge in [0.05, 0.1) is 11.1 Å². The molecule has 2 N–H and O–H groups in total. The van der Waals surface area contributed by atoms with E-state index in [-0.39, 0.29) is 42.6 Å². The number of fused-ring (bicyclic) bond motifs is 1. The lowest BCUT2D eigenvalue weighted by Gasteiger charge is -2.14. The zero-order valence-corrected chi connectivity index (χ0v) is 16.0. The highest BCUT2D eigenvalue weighted by atomic mass is 16.2. The number of nitrogens with zero attached hydrogens (tertiary/aromatic N) is 1. The fourth-order valence-corrected chi connectivity index (χ4v) is 3.26. The number of aryl methyl sites for hydroxylation is 1. The molecule has 1 heterocycles. The average molecular weight is 391 g/mol. The van der Waals surface area contributed by atoms with Gasteiger partial charge in [-0.3, -0.25) is 24.1 Å². The molecule has 148 valence electrons. The van der Waals surface area contributed by atoms with Crippen LogP contribution in [0.25, 0.3) is 0 Å². The van der Waals surface area contributed by atoms with Gasteiger partial charge in [0.2, 0.25) is 5.91 Å². The molecule has 4 amide bonds. The van der Waals surface area contributed by atoms with Crippen LogP contribution in [0.3, 0.4) is 0 Å². The van der Waals surface area contributed by atoms with E-state index in [4.69, 9.17) is 0 Å². The molecule has 7 heteroatoms. The molecule has 2 aromatic carbocycles. The zero-order valence-electron chi connectivity index (χ0n) is 16.0. The number of carbonyl (C=O) groups excluding carboxylic acids is 4. The standard InChI is InChI=1S/C22H21N3O4/c1-13-6-7-14(20(27)23-15-8-9-15)12-18(13)24-19(26)10-11-25-21(28)16-4-2-3-5-17(16)22(25)29/h2-7,12,15H,8-11H2,1H3,(H,23,27)(H,24,26). The van der Waals surface area contributed by atoms with E-state index in [9.17, 15) is 19.2 Å². The summed E-state index contributed by atoms with van der Waals surface area (Å²) in [7, 11) is 0. The lowest BCUT2D eigenvalue weighted by Crippen LogP contribution is -2.33. The summed E-state index contributed by atoms with van der Waals surface area (Å²) >= 11 is 0. The second-order valence-electron chi connectivity index (χ2n) is 7.38. The maximum Gasteiger partial charge on any atom is 0.261 e. The van der Waals surface area contributed by atoms with Crippen LogP contribution in [0, 0.1) is 6.92 Å². The van der Waals surface area contributed by atoms with E-state index in [1.807, 2.05) is 6.92 Å². The van der Waals surface area contributed by atoms with Gasteiger partial charge in [-0.15, -0.1) is 0 Å². The number of imide groups is 1. The van der Waals surface area contributed by atoms with Gasteiger partial charge in [0, 0.05) is 30.3 Å². The Morgan fingerprint density at radius 1 is 1.03 bits per heavy atom. The first-order chi connectivity index (χ1) is 13.9. The number of hydrogen-bond acceptors (Lipinski definition) is 4. The lowest BCUT2D eigenvalue weighted by molar-refractivity contribution is -0.116. The van der Waals surface area contributed by atoms with Gasteiger partial charge in [-0.1, -0.05) is 18.2 Å². The number of carbonyl (C=O) groups is 4. The molecule has 29 heavy (non-hydrogen) atoms. The topological polar surface area (TPSA) is 95.6 Å². The summed E-state index contributed by atoms with van der Waals surface area (Å²) in [5.74, 6) is -1.25. The number of benzene rings is 2. The van der Waals surface area contributed by atoms with Crippen LogP contribution in [0.15, 0.2) is 42.5 Å². The van der Waals surface area contributed by atoms with Crippen molar-refractivity contribution >= 4 is 29.3 Å². The van der Waals surface area contributed by atoms with Crippen molar-refractivity contribution in [2.75, 3.05) is 11.9 Å². The van der Waals surface area contributed by atoms with Crippen LogP contribution in [-0.2, 0) is 4.79 Å². The SMILES string of the molecule is Cc1ccc(C(=O)NC2CC2)cc1NC(=O)CCN1C(=O)c2ccccc2C1=O. The van der Waals surface area contributed by atoms with Crippen LogP contribution in [0.4, 0.5) is 5.69 Å². The van der Waals surface area contributed by atoms with Gasteiger partial charge >= 0.3 is 0 Å². The van der Waals surface area contributed by atoms with E-state index in [2.05, 4.69) is 10.6 Å². The van der Waals surface area contributed by atoms with Crippen molar-refractivity contribution in [3.63, 3.8) is 0 Å². The summed E-state index contributed by atoms with van der Waals surface area (Å²) in [6, 6.07) is 12.0. The van der Waals surface area contributed by atoms with Crippen molar-refractivity contribution in [3.05, 3.63) is 64.7 Å². The minimum Gasteiger partial charge on any atom is -0.349 e.